The van der Waals surface area contributed by atoms with Crippen LogP contribution in [0, 0.1) is 20.8 Å². The molecule has 8 heteroatoms. The van der Waals surface area contributed by atoms with Crippen LogP contribution in [0.15, 0.2) is 18.2 Å². The van der Waals surface area contributed by atoms with Crippen molar-refractivity contribution >= 4 is 35.1 Å². The zero-order valence-corrected chi connectivity index (χ0v) is 16.3. The number of hydrogen-bond donors (Lipinski definition) is 2. The first-order valence-electron chi connectivity index (χ1n) is 8.34. The first-order chi connectivity index (χ1) is 12.7. The lowest BCUT2D eigenvalue weighted by atomic mass is 10.1. The first-order valence-corrected chi connectivity index (χ1v) is 8.71. The van der Waals surface area contributed by atoms with Gasteiger partial charge in [0.15, 0.2) is 6.61 Å². The lowest BCUT2D eigenvalue weighted by Crippen LogP contribution is -2.21. The maximum atomic E-state index is 12.3. The Hall–Kier alpha value is -2.80. The van der Waals surface area contributed by atoms with Gasteiger partial charge in [-0.3, -0.25) is 4.79 Å². The number of hydrogen-bond acceptors (Lipinski definition) is 5. The summed E-state index contributed by atoms with van der Waals surface area (Å²) in [4.78, 5) is 39.1. The summed E-state index contributed by atoms with van der Waals surface area (Å²) < 4.78 is 10.0. The lowest BCUT2D eigenvalue weighted by Gasteiger charge is -2.09. The predicted molar refractivity (Wildman–Crippen MR) is 101 cm³/mol. The fourth-order valence-corrected chi connectivity index (χ4v) is 2.85. The van der Waals surface area contributed by atoms with Gasteiger partial charge in [0.2, 0.25) is 0 Å². The number of aromatic amines is 1. The van der Waals surface area contributed by atoms with Gasteiger partial charge in [0.05, 0.1) is 12.2 Å². The summed E-state index contributed by atoms with van der Waals surface area (Å²) in [6.07, 6.45) is 0. The van der Waals surface area contributed by atoms with E-state index < -0.39 is 24.5 Å². The molecule has 1 aromatic carbocycles. The van der Waals surface area contributed by atoms with Crippen LogP contribution in [0.2, 0.25) is 5.02 Å². The molecule has 0 unspecified atom stereocenters. The Morgan fingerprint density at radius 2 is 1.81 bits per heavy atom. The number of esters is 2. The van der Waals surface area contributed by atoms with Crippen molar-refractivity contribution in [2.75, 3.05) is 18.5 Å². The highest BCUT2D eigenvalue weighted by Crippen LogP contribution is 2.21. The summed E-state index contributed by atoms with van der Waals surface area (Å²) in [6.45, 7) is 6.54. The van der Waals surface area contributed by atoms with Gasteiger partial charge >= 0.3 is 11.9 Å². The van der Waals surface area contributed by atoms with Gasteiger partial charge in [0.25, 0.3) is 5.91 Å². The van der Waals surface area contributed by atoms with Crippen molar-refractivity contribution < 1.29 is 23.9 Å². The zero-order chi connectivity index (χ0) is 20.1. The quantitative estimate of drug-likeness (QED) is 0.732. The van der Waals surface area contributed by atoms with Gasteiger partial charge in [0.1, 0.15) is 5.69 Å². The third-order valence-electron chi connectivity index (χ3n) is 3.92. The number of aromatic nitrogens is 1. The van der Waals surface area contributed by atoms with Crippen LogP contribution in [0.25, 0.3) is 0 Å². The molecule has 0 aliphatic heterocycles. The summed E-state index contributed by atoms with van der Waals surface area (Å²) in [7, 11) is 0. The molecule has 0 aliphatic carbocycles. The number of carbonyl (C=O) groups is 3. The molecule has 0 fully saturated rings. The number of rotatable bonds is 6. The molecular weight excluding hydrogens is 372 g/mol. The van der Waals surface area contributed by atoms with Crippen molar-refractivity contribution in [3.05, 3.63) is 51.3 Å². The Labute approximate surface area is 162 Å². The minimum atomic E-state index is -0.728. The fraction of sp³-hybridized carbons (Fsp3) is 0.316. The first kappa shape index (κ1) is 20.5. The van der Waals surface area contributed by atoms with E-state index in [1.165, 1.54) is 0 Å². The van der Waals surface area contributed by atoms with E-state index in [2.05, 4.69) is 10.3 Å². The molecule has 0 aliphatic rings. The van der Waals surface area contributed by atoms with Crippen LogP contribution in [0.1, 0.15) is 44.6 Å². The molecule has 7 nitrogen and oxygen atoms in total. The van der Waals surface area contributed by atoms with Crippen molar-refractivity contribution in [1.29, 1.82) is 0 Å². The van der Waals surface area contributed by atoms with Gasteiger partial charge in [-0.2, -0.15) is 0 Å². The molecule has 27 heavy (non-hydrogen) atoms. The minimum absolute atomic E-state index is 0.117. The van der Waals surface area contributed by atoms with Gasteiger partial charge in [-0.15, -0.1) is 0 Å². The van der Waals surface area contributed by atoms with E-state index >= 15 is 0 Å². The third-order valence-corrected chi connectivity index (χ3v) is 4.15. The molecule has 0 saturated carbocycles. The highest BCUT2D eigenvalue weighted by Gasteiger charge is 2.24. The highest BCUT2D eigenvalue weighted by molar-refractivity contribution is 6.30. The lowest BCUT2D eigenvalue weighted by molar-refractivity contribution is -0.119. The van der Waals surface area contributed by atoms with Crippen molar-refractivity contribution in [1.82, 2.24) is 4.98 Å². The van der Waals surface area contributed by atoms with Crippen molar-refractivity contribution in [2.45, 2.75) is 27.7 Å². The molecule has 1 amide bonds. The van der Waals surface area contributed by atoms with E-state index in [1.807, 2.05) is 0 Å². The van der Waals surface area contributed by atoms with Crippen LogP contribution in [-0.4, -0.2) is 36.0 Å². The number of halogens is 1. The summed E-state index contributed by atoms with van der Waals surface area (Å²) in [6, 6.07) is 5.03. The Morgan fingerprint density at radius 3 is 2.44 bits per heavy atom. The van der Waals surface area contributed by atoms with Gasteiger partial charge in [0, 0.05) is 16.4 Å². The number of aryl methyl sites for hydroxylation is 2. The molecule has 2 N–H and O–H groups in total. The summed E-state index contributed by atoms with van der Waals surface area (Å²) in [5.74, 6) is -1.73. The molecule has 0 bridgehead atoms. The van der Waals surface area contributed by atoms with E-state index in [9.17, 15) is 14.4 Å². The van der Waals surface area contributed by atoms with E-state index in [0.29, 0.717) is 27.5 Å². The van der Waals surface area contributed by atoms with Crippen LogP contribution in [0.5, 0.6) is 0 Å². The number of amides is 1. The van der Waals surface area contributed by atoms with Crippen LogP contribution < -0.4 is 5.32 Å². The molecular formula is C19H21ClN2O5. The second kappa shape index (κ2) is 8.73. The second-order valence-corrected chi connectivity index (χ2v) is 6.37. The van der Waals surface area contributed by atoms with E-state index in [0.717, 1.165) is 5.56 Å². The maximum Gasteiger partial charge on any atom is 0.355 e. The fourth-order valence-electron chi connectivity index (χ4n) is 2.62. The number of carbonyl (C=O) groups excluding carboxylic acids is 3. The van der Waals surface area contributed by atoms with Crippen LogP contribution in [0.3, 0.4) is 0 Å². The smallest absolute Gasteiger partial charge is 0.355 e. The second-order valence-electron chi connectivity index (χ2n) is 5.93. The molecule has 0 atom stereocenters. The molecule has 0 spiro atoms. The third kappa shape index (κ3) is 4.89. The molecule has 2 aromatic rings. The highest BCUT2D eigenvalue weighted by atomic mass is 35.5. The Morgan fingerprint density at radius 1 is 1.11 bits per heavy atom. The maximum absolute atomic E-state index is 12.3. The largest absolute Gasteiger partial charge is 0.462 e. The van der Waals surface area contributed by atoms with Crippen molar-refractivity contribution in [3.8, 4) is 0 Å². The molecule has 0 saturated heterocycles. The summed E-state index contributed by atoms with van der Waals surface area (Å²) in [5, 5.41) is 3.21. The Balaban J connectivity index is 2.02. The average molecular weight is 393 g/mol. The number of nitrogens with one attached hydrogen (secondary N) is 2. The Bertz CT molecular complexity index is 888. The number of anilines is 1. The monoisotopic (exact) mass is 392 g/mol. The Kier molecular flexibility index (Phi) is 6.63. The standard InChI is InChI=1S/C19H21ClN2O5/c1-5-26-18(24)16-11(3)17(21-12(16)4)19(25)27-9-15(23)22-14-7-6-13(20)8-10(14)2/h6-8,21H,5,9H2,1-4H3,(H,22,23). The molecule has 2 rings (SSSR count). The van der Waals surface area contributed by atoms with Crippen molar-refractivity contribution in [3.63, 3.8) is 0 Å². The molecule has 0 radical (unpaired) electrons. The molecule has 1 aromatic heterocycles. The zero-order valence-electron chi connectivity index (χ0n) is 15.6. The minimum Gasteiger partial charge on any atom is -0.462 e. The van der Waals surface area contributed by atoms with E-state index in [4.69, 9.17) is 21.1 Å². The molecule has 144 valence electrons. The van der Waals surface area contributed by atoms with E-state index in [-0.39, 0.29) is 12.3 Å². The number of H-pyrrole nitrogens is 1. The predicted octanol–water partition coefficient (Wildman–Crippen LogP) is 3.57. The van der Waals surface area contributed by atoms with E-state index in [1.54, 1.807) is 45.9 Å². The number of ether oxygens (including phenoxy) is 2. The normalized spacial score (nSPS) is 10.4. The van der Waals surface area contributed by atoms with Crippen LogP contribution in [-0.2, 0) is 14.3 Å². The average Bonchev–Trinajstić information content (AvgIpc) is 2.90. The summed E-state index contributed by atoms with van der Waals surface area (Å²) >= 11 is 5.88. The topological polar surface area (TPSA) is 97.5 Å². The van der Waals surface area contributed by atoms with Gasteiger partial charge in [-0.25, -0.2) is 9.59 Å². The van der Waals surface area contributed by atoms with Gasteiger partial charge in [-0.05, 0) is 57.0 Å². The number of benzene rings is 1. The van der Waals surface area contributed by atoms with Crippen LogP contribution in [0.4, 0.5) is 5.69 Å². The van der Waals surface area contributed by atoms with Crippen LogP contribution >= 0.6 is 11.6 Å². The molecule has 1 heterocycles. The van der Waals surface area contributed by atoms with Crippen molar-refractivity contribution in [2.24, 2.45) is 0 Å². The van der Waals surface area contributed by atoms with Gasteiger partial charge < -0.3 is 19.8 Å². The van der Waals surface area contributed by atoms with Gasteiger partial charge in [-0.1, -0.05) is 11.6 Å². The SMILES string of the molecule is CCOC(=O)c1c(C)[nH]c(C(=O)OCC(=O)Nc2ccc(Cl)cc2C)c1C. The summed E-state index contributed by atoms with van der Waals surface area (Å²) in [5.41, 5.74) is 2.70.